The van der Waals surface area contributed by atoms with Gasteiger partial charge in [0.05, 0.1) is 6.20 Å². The van der Waals surface area contributed by atoms with Gasteiger partial charge in [0.25, 0.3) is 0 Å². The van der Waals surface area contributed by atoms with E-state index in [0.29, 0.717) is 0 Å². The number of hydrogen-bond acceptors (Lipinski definition) is 2. The van der Waals surface area contributed by atoms with Crippen LogP contribution >= 0.6 is 0 Å². The molecule has 0 aromatic carbocycles. The highest BCUT2D eigenvalue weighted by atomic mass is 15.1. The molecule has 0 spiro atoms. The van der Waals surface area contributed by atoms with Gasteiger partial charge in [-0.1, -0.05) is 25.7 Å². The largest absolute Gasteiger partial charge is 0.321 e. The van der Waals surface area contributed by atoms with Crippen molar-refractivity contribution in [1.82, 2.24) is 10.2 Å². The second-order valence-corrected chi connectivity index (χ2v) is 4.06. The lowest BCUT2D eigenvalue weighted by Crippen LogP contribution is -2.35. The minimum absolute atomic E-state index is 0.108. The highest BCUT2D eigenvalue weighted by Gasteiger charge is 2.28. The summed E-state index contributed by atoms with van der Waals surface area (Å²) in [5, 5.41) is 6.81. The average molecular weight is 179 g/mol. The normalized spacial score (nSPS) is 22.5. The van der Waals surface area contributed by atoms with Crippen molar-refractivity contribution in [2.24, 2.45) is 5.73 Å². The lowest BCUT2D eigenvalue weighted by atomic mass is 9.86. The van der Waals surface area contributed by atoms with Crippen LogP contribution in [0.2, 0.25) is 0 Å². The quantitative estimate of drug-likeness (QED) is 0.647. The number of nitrogens with zero attached hydrogens (tertiary/aromatic N) is 1. The predicted octanol–water partition coefficient (Wildman–Crippen LogP) is 1.92. The number of nitrogens with two attached hydrogens (primary N) is 1. The lowest BCUT2D eigenvalue weighted by Gasteiger charge is -2.26. The van der Waals surface area contributed by atoms with E-state index in [2.05, 4.69) is 10.2 Å². The van der Waals surface area contributed by atoms with Gasteiger partial charge in [-0.05, 0) is 12.8 Å². The molecule has 0 atom stereocenters. The van der Waals surface area contributed by atoms with Crippen molar-refractivity contribution < 1.29 is 0 Å². The van der Waals surface area contributed by atoms with E-state index in [-0.39, 0.29) is 5.54 Å². The van der Waals surface area contributed by atoms with E-state index >= 15 is 0 Å². The summed E-state index contributed by atoms with van der Waals surface area (Å²) in [6.07, 6.45) is 11.2. The average Bonchev–Trinajstić information content (AvgIpc) is 2.57. The van der Waals surface area contributed by atoms with Crippen molar-refractivity contribution in [2.45, 2.75) is 44.1 Å². The Morgan fingerprint density at radius 2 is 1.92 bits per heavy atom. The Morgan fingerprint density at radius 3 is 2.46 bits per heavy atom. The van der Waals surface area contributed by atoms with Crippen molar-refractivity contribution in [3.05, 3.63) is 18.0 Å². The summed E-state index contributed by atoms with van der Waals surface area (Å²) in [6.45, 7) is 0. The molecular formula is C10H17N3. The van der Waals surface area contributed by atoms with E-state index in [0.717, 1.165) is 12.8 Å². The maximum Gasteiger partial charge on any atom is 0.0537 e. The van der Waals surface area contributed by atoms with E-state index in [1.165, 1.54) is 31.2 Å². The third-order valence-corrected chi connectivity index (χ3v) is 3.07. The van der Waals surface area contributed by atoms with Gasteiger partial charge in [0.1, 0.15) is 0 Å². The SMILES string of the molecule is NC1(c2cn[nH]c2)CCCCCC1. The van der Waals surface area contributed by atoms with Crippen molar-refractivity contribution in [3.63, 3.8) is 0 Å². The minimum Gasteiger partial charge on any atom is -0.321 e. The molecule has 1 fully saturated rings. The van der Waals surface area contributed by atoms with Crippen LogP contribution in [0, 0.1) is 0 Å². The molecule has 0 aliphatic heterocycles. The summed E-state index contributed by atoms with van der Waals surface area (Å²) in [4.78, 5) is 0. The molecule has 72 valence electrons. The van der Waals surface area contributed by atoms with Crippen LogP contribution in [0.1, 0.15) is 44.1 Å². The van der Waals surface area contributed by atoms with Crippen LogP contribution in [0.25, 0.3) is 0 Å². The van der Waals surface area contributed by atoms with Gasteiger partial charge in [0.15, 0.2) is 0 Å². The Balaban J connectivity index is 2.17. The van der Waals surface area contributed by atoms with Crippen molar-refractivity contribution in [2.75, 3.05) is 0 Å². The van der Waals surface area contributed by atoms with Crippen molar-refractivity contribution in [3.8, 4) is 0 Å². The fourth-order valence-electron chi connectivity index (χ4n) is 2.17. The standard InChI is InChI=1S/C10H17N3/c11-10(9-7-12-13-8-9)5-3-1-2-4-6-10/h7-8H,1-6,11H2,(H,12,13). The van der Waals surface area contributed by atoms with Gasteiger partial charge in [0.2, 0.25) is 0 Å². The van der Waals surface area contributed by atoms with Crippen LogP contribution in [0.15, 0.2) is 12.4 Å². The zero-order valence-electron chi connectivity index (χ0n) is 7.92. The van der Waals surface area contributed by atoms with Crippen LogP contribution in [-0.4, -0.2) is 10.2 Å². The maximum absolute atomic E-state index is 6.36. The second-order valence-electron chi connectivity index (χ2n) is 4.06. The zero-order chi connectivity index (χ0) is 9.15. The summed E-state index contributed by atoms with van der Waals surface area (Å²) in [5.41, 5.74) is 7.43. The van der Waals surface area contributed by atoms with Gasteiger partial charge >= 0.3 is 0 Å². The molecule has 1 aromatic rings. The first-order valence-electron chi connectivity index (χ1n) is 5.09. The first-order chi connectivity index (χ1) is 6.31. The third kappa shape index (κ3) is 1.75. The molecule has 0 unspecified atom stereocenters. The van der Waals surface area contributed by atoms with Crippen molar-refractivity contribution in [1.29, 1.82) is 0 Å². The smallest absolute Gasteiger partial charge is 0.0537 e. The Kier molecular flexibility index (Phi) is 2.36. The monoisotopic (exact) mass is 179 g/mol. The molecule has 1 aromatic heterocycles. The number of H-pyrrole nitrogens is 1. The number of nitrogens with one attached hydrogen (secondary N) is 1. The summed E-state index contributed by atoms with van der Waals surface area (Å²) in [6, 6.07) is 0. The molecule has 1 heterocycles. The number of aromatic amines is 1. The van der Waals surface area contributed by atoms with Gasteiger partial charge in [-0.25, -0.2) is 0 Å². The van der Waals surface area contributed by atoms with Gasteiger partial charge in [-0.3, -0.25) is 5.10 Å². The lowest BCUT2D eigenvalue weighted by molar-refractivity contribution is 0.385. The van der Waals surface area contributed by atoms with Gasteiger partial charge in [-0.2, -0.15) is 5.10 Å². The van der Waals surface area contributed by atoms with Crippen LogP contribution < -0.4 is 5.73 Å². The van der Waals surface area contributed by atoms with Gasteiger partial charge in [0, 0.05) is 17.3 Å². The molecule has 2 rings (SSSR count). The van der Waals surface area contributed by atoms with Gasteiger partial charge in [-0.15, -0.1) is 0 Å². The van der Waals surface area contributed by atoms with E-state index in [1.807, 2.05) is 12.4 Å². The summed E-state index contributed by atoms with van der Waals surface area (Å²) in [5.74, 6) is 0. The molecule has 0 radical (unpaired) electrons. The molecule has 0 amide bonds. The molecule has 3 heteroatoms. The Hall–Kier alpha value is -0.830. The molecule has 13 heavy (non-hydrogen) atoms. The molecule has 1 saturated carbocycles. The first-order valence-corrected chi connectivity index (χ1v) is 5.09. The molecule has 1 aliphatic carbocycles. The van der Waals surface area contributed by atoms with E-state index < -0.39 is 0 Å². The molecule has 3 nitrogen and oxygen atoms in total. The molecule has 3 N–H and O–H groups in total. The summed E-state index contributed by atoms with van der Waals surface area (Å²) < 4.78 is 0. The number of rotatable bonds is 1. The third-order valence-electron chi connectivity index (χ3n) is 3.07. The van der Waals surface area contributed by atoms with Crippen LogP contribution in [0.4, 0.5) is 0 Å². The summed E-state index contributed by atoms with van der Waals surface area (Å²) >= 11 is 0. The van der Waals surface area contributed by atoms with E-state index in [9.17, 15) is 0 Å². The maximum atomic E-state index is 6.36. The highest BCUT2D eigenvalue weighted by Crippen LogP contribution is 2.32. The molecular weight excluding hydrogens is 162 g/mol. The first kappa shape index (κ1) is 8.75. The molecule has 0 bridgehead atoms. The topological polar surface area (TPSA) is 54.7 Å². The molecule has 0 saturated heterocycles. The number of hydrogen-bond donors (Lipinski definition) is 2. The molecule has 1 aliphatic rings. The Labute approximate surface area is 78.7 Å². The van der Waals surface area contributed by atoms with Crippen LogP contribution in [0.3, 0.4) is 0 Å². The van der Waals surface area contributed by atoms with Crippen molar-refractivity contribution >= 4 is 0 Å². The Morgan fingerprint density at radius 1 is 1.23 bits per heavy atom. The fourth-order valence-corrected chi connectivity index (χ4v) is 2.17. The second kappa shape index (κ2) is 3.50. The predicted molar refractivity (Wildman–Crippen MR) is 52.2 cm³/mol. The van der Waals surface area contributed by atoms with Gasteiger partial charge < -0.3 is 5.73 Å². The Bertz CT molecular complexity index is 245. The highest BCUT2D eigenvalue weighted by molar-refractivity contribution is 5.16. The number of aromatic nitrogens is 2. The minimum atomic E-state index is -0.108. The van der Waals surface area contributed by atoms with E-state index in [4.69, 9.17) is 5.73 Å². The van der Waals surface area contributed by atoms with Crippen LogP contribution in [0.5, 0.6) is 0 Å². The fraction of sp³-hybridized carbons (Fsp3) is 0.700. The zero-order valence-corrected chi connectivity index (χ0v) is 7.92. The summed E-state index contributed by atoms with van der Waals surface area (Å²) in [7, 11) is 0. The van der Waals surface area contributed by atoms with E-state index in [1.54, 1.807) is 0 Å². The van der Waals surface area contributed by atoms with Crippen LogP contribution in [-0.2, 0) is 5.54 Å².